The van der Waals surface area contributed by atoms with Crippen molar-refractivity contribution in [3.05, 3.63) is 77.6 Å². The molecule has 0 bridgehead atoms. The molecule has 4 nitrogen and oxygen atoms in total. The van der Waals surface area contributed by atoms with Crippen LogP contribution in [0.2, 0.25) is 0 Å². The lowest BCUT2D eigenvalue weighted by Crippen LogP contribution is -3.08. The van der Waals surface area contributed by atoms with Gasteiger partial charge in [0.1, 0.15) is 18.1 Å². The minimum atomic E-state index is -0.275. The maximum atomic E-state index is 12.9. The lowest BCUT2D eigenvalue weighted by Gasteiger charge is -2.14. The average Bonchev–Trinajstić information content (AvgIpc) is 2.67. The van der Waals surface area contributed by atoms with Crippen LogP contribution in [-0.2, 0) is 17.9 Å². The number of fused-ring (bicyclic) bond motifs is 1. The van der Waals surface area contributed by atoms with E-state index in [2.05, 4.69) is 23.5 Å². The average molecular weight is 367 g/mol. The SMILES string of the molecule is COc1ccc2cc(C[NH+](C)CC(=O)NCc3ccc(F)cc3)ccc2c1. The Morgan fingerprint density at radius 1 is 1.00 bits per heavy atom. The van der Waals surface area contributed by atoms with Crippen molar-refractivity contribution in [2.24, 2.45) is 0 Å². The second kappa shape index (κ2) is 8.64. The van der Waals surface area contributed by atoms with Crippen molar-refractivity contribution in [3.63, 3.8) is 0 Å². The van der Waals surface area contributed by atoms with Gasteiger partial charge in [-0.25, -0.2) is 4.39 Å². The van der Waals surface area contributed by atoms with E-state index in [4.69, 9.17) is 4.74 Å². The van der Waals surface area contributed by atoms with Gasteiger partial charge < -0.3 is 15.0 Å². The maximum Gasteiger partial charge on any atom is 0.275 e. The highest BCUT2D eigenvalue weighted by Gasteiger charge is 2.11. The Hall–Kier alpha value is -2.92. The fraction of sp³-hybridized carbons (Fsp3) is 0.227. The fourth-order valence-corrected chi connectivity index (χ4v) is 3.06. The van der Waals surface area contributed by atoms with Crippen molar-refractivity contribution >= 4 is 16.7 Å². The zero-order valence-electron chi connectivity index (χ0n) is 15.6. The molecule has 1 unspecified atom stereocenters. The molecule has 5 heteroatoms. The minimum Gasteiger partial charge on any atom is -0.497 e. The van der Waals surface area contributed by atoms with Gasteiger partial charge in [-0.05, 0) is 46.7 Å². The third kappa shape index (κ3) is 5.28. The number of carbonyl (C=O) groups excluding carboxylic acids is 1. The number of quaternary nitrogens is 1. The molecule has 0 saturated carbocycles. The zero-order chi connectivity index (χ0) is 19.2. The van der Waals surface area contributed by atoms with E-state index in [1.165, 1.54) is 17.7 Å². The van der Waals surface area contributed by atoms with Crippen molar-refractivity contribution in [1.82, 2.24) is 5.32 Å². The Kier molecular flexibility index (Phi) is 6.04. The summed E-state index contributed by atoms with van der Waals surface area (Å²) < 4.78 is 18.2. The Balaban J connectivity index is 1.53. The number of hydrogen-bond donors (Lipinski definition) is 2. The van der Waals surface area contributed by atoms with E-state index in [0.29, 0.717) is 13.1 Å². The summed E-state index contributed by atoms with van der Waals surface area (Å²) in [6.45, 7) is 1.54. The molecule has 1 atom stereocenters. The van der Waals surface area contributed by atoms with Crippen LogP contribution >= 0.6 is 0 Å². The number of hydrogen-bond acceptors (Lipinski definition) is 2. The number of carbonyl (C=O) groups is 1. The number of likely N-dealkylation sites (N-methyl/N-ethyl adjacent to an activating group) is 1. The predicted octanol–water partition coefficient (Wildman–Crippen LogP) is 2.32. The first kappa shape index (κ1) is 18.9. The molecule has 3 aromatic carbocycles. The van der Waals surface area contributed by atoms with Crippen LogP contribution < -0.4 is 15.0 Å². The summed E-state index contributed by atoms with van der Waals surface area (Å²) in [5.74, 6) is 0.543. The first-order valence-corrected chi connectivity index (χ1v) is 8.92. The highest BCUT2D eigenvalue weighted by molar-refractivity contribution is 5.84. The molecule has 0 heterocycles. The van der Waals surface area contributed by atoms with Gasteiger partial charge in [-0.15, -0.1) is 0 Å². The molecule has 0 spiro atoms. The molecular weight excluding hydrogens is 343 g/mol. The lowest BCUT2D eigenvalue weighted by atomic mass is 10.1. The summed E-state index contributed by atoms with van der Waals surface area (Å²) in [7, 11) is 3.66. The molecule has 0 aliphatic heterocycles. The van der Waals surface area contributed by atoms with E-state index in [1.807, 2.05) is 25.2 Å². The smallest absolute Gasteiger partial charge is 0.275 e. The highest BCUT2D eigenvalue weighted by Crippen LogP contribution is 2.21. The van der Waals surface area contributed by atoms with Gasteiger partial charge in [-0.3, -0.25) is 4.79 Å². The molecule has 140 valence electrons. The zero-order valence-corrected chi connectivity index (χ0v) is 15.6. The summed E-state index contributed by atoms with van der Waals surface area (Å²) in [6, 6.07) is 18.5. The normalized spacial score (nSPS) is 12.0. The van der Waals surface area contributed by atoms with Gasteiger partial charge >= 0.3 is 0 Å². The Morgan fingerprint density at radius 2 is 1.67 bits per heavy atom. The molecule has 0 aliphatic carbocycles. The van der Waals surface area contributed by atoms with E-state index in [9.17, 15) is 9.18 Å². The number of nitrogens with one attached hydrogen (secondary N) is 2. The molecule has 3 aromatic rings. The van der Waals surface area contributed by atoms with Gasteiger partial charge in [0.05, 0.1) is 14.2 Å². The van der Waals surface area contributed by atoms with Gasteiger partial charge in [-0.2, -0.15) is 0 Å². The molecule has 3 rings (SSSR count). The largest absolute Gasteiger partial charge is 0.497 e. The van der Waals surface area contributed by atoms with Crippen molar-refractivity contribution in [2.75, 3.05) is 20.7 Å². The van der Waals surface area contributed by atoms with Crippen LogP contribution in [0.1, 0.15) is 11.1 Å². The number of halogens is 1. The third-order valence-electron chi connectivity index (χ3n) is 4.48. The van der Waals surface area contributed by atoms with Gasteiger partial charge in [0.2, 0.25) is 0 Å². The topological polar surface area (TPSA) is 42.8 Å². The molecule has 27 heavy (non-hydrogen) atoms. The van der Waals surface area contributed by atoms with E-state index in [-0.39, 0.29) is 11.7 Å². The van der Waals surface area contributed by atoms with Gasteiger partial charge in [0.25, 0.3) is 5.91 Å². The first-order valence-electron chi connectivity index (χ1n) is 8.92. The second-order valence-electron chi connectivity index (χ2n) is 6.76. The van der Waals surface area contributed by atoms with Crippen LogP contribution in [0.15, 0.2) is 60.7 Å². The van der Waals surface area contributed by atoms with E-state index < -0.39 is 0 Å². The van der Waals surface area contributed by atoms with Crippen molar-refractivity contribution < 1.29 is 18.8 Å². The summed E-state index contributed by atoms with van der Waals surface area (Å²) >= 11 is 0. The monoisotopic (exact) mass is 367 g/mol. The molecular formula is C22H24FN2O2+. The van der Waals surface area contributed by atoms with Crippen molar-refractivity contribution in [3.8, 4) is 5.75 Å². The Morgan fingerprint density at radius 3 is 2.41 bits per heavy atom. The molecule has 0 aliphatic rings. The van der Waals surface area contributed by atoms with Crippen molar-refractivity contribution in [2.45, 2.75) is 13.1 Å². The van der Waals surface area contributed by atoms with E-state index >= 15 is 0 Å². The van der Waals surface area contributed by atoms with Crippen LogP contribution in [0.4, 0.5) is 4.39 Å². The first-order chi connectivity index (χ1) is 13.0. The summed E-state index contributed by atoms with van der Waals surface area (Å²) in [4.78, 5) is 13.2. The number of ether oxygens (including phenoxy) is 1. The Labute approximate surface area is 158 Å². The number of methoxy groups -OCH3 is 1. The van der Waals surface area contributed by atoms with E-state index in [0.717, 1.165) is 33.5 Å². The fourth-order valence-electron chi connectivity index (χ4n) is 3.06. The number of benzene rings is 3. The summed E-state index contributed by atoms with van der Waals surface area (Å²) in [6.07, 6.45) is 0. The minimum absolute atomic E-state index is 0.0256. The van der Waals surface area contributed by atoms with E-state index in [1.54, 1.807) is 19.2 Å². The molecule has 0 aromatic heterocycles. The van der Waals surface area contributed by atoms with Gasteiger partial charge in [0.15, 0.2) is 6.54 Å². The Bertz CT molecular complexity index is 925. The number of rotatable bonds is 7. The highest BCUT2D eigenvalue weighted by atomic mass is 19.1. The standard InChI is InChI=1S/C22H23FN2O2/c1-25(15-22(26)24-13-16-4-8-20(23)9-5-16)14-17-3-6-19-12-21(27-2)10-7-18(19)11-17/h3-12H,13-15H2,1-2H3,(H,24,26)/p+1. The molecule has 0 saturated heterocycles. The molecule has 1 amide bonds. The third-order valence-corrected chi connectivity index (χ3v) is 4.48. The molecule has 0 radical (unpaired) electrons. The molecule has 2 N–H and O–H groups in total. The summed E-state index contributed by atoms with van der Waals surface area (Å²) in [5, 5.41) is 5.17. The van der Waals surface area contributed by atoms with Crippen LogP contribution in [0.5, 0.6) is 5.75 Å². The lowest BCUT2D eigenvalue weighted by molar-refractivity contribution is -0.885. The summed E-state index contributed by atoms with van der Waals surface area (Å²) in [5.41, 5.74) is 2.06. The van der Waals surface area contributed by atoms with Crippen LogP contribution in [0.3, 0.4) is 0 Å². The van der Waals surface area contributed by atoms with Crippen LogP contribution in [0, 0.1) is 5.82 Å². The molecule has 0 fully saturated rings. The van der Waals surface area contributed by atoms with Gasteiger partial charge in [-0.1, -0.05) is 30.3 Å². The second-order valence-corrected chi connectivity index (χ2v) is 6.76. The predicted molar refractivity (Wildman–Crippen MR) is 104 cm³/mol. The van der Waals surface area contributed by atoms with Crippen LogP contribution in [-0.4, -0.2) is 26.6 Å². The maximum absolute atomic E-state index is 12.9. The van der Waals surface area contributed by atoms with Gasteiger partial charge in [0, 0.05) is 12.1 Å². The van der Waals surface area contributed by atoms with Crippen molar-refractivity contribution in [1.29, 1.82) is 0 Å². The van der Waals surface area contributed by atoms with Crippen LogP contribution in [0.25, 0.3) is 10.8 Å². The quantitative estimate of drug-likeness (QED) is 0.673. The number of amides is 1.